The van der Waals surface area contributed by atoms with Crippen molar-refractivity contribution in [2.75, 3.05) is 0 Å². The molecule has 0 fully saturated rings. The molecular formula is C22H36. The zero-order chi connectivity index (χ0) is 16.4. The van der Waals surface area contributed by atoms with Gasteiger partial charge in [-0.3, -0.25) is 0 Å². The van der Waals surface area contributed by atoms with Gasteiger partial charge in [-0.15, -0.1) is 0 Å². The van der Waals surface area contributed by atoms with E-state index in [1.54, 1.807) is 0 Å². The molecule has 1 aromatic rings. The van der Waals surface area contributed by atoms with Crippen molar-refractivity contribution >= 4 is 5.57 Å². The van der Waals surface area contributed by atoms with E-state index in [2.05, 4.69) is 58.5 Å². The average molecular weight is 301 g/mol. The van der Waals surface area contributed by atoms with E-state index >= 15 is 0 Å². The first kappa shape index (κ1) is 19.0. The van der Waals surface area contributed by atoms with Crippen LogP contribution in [0, 0.1) is 0 Å². The fraction of sp³-hybridized carbons (Fsp3) is 0.636. The predicted molar refractivity (Wildman–Crippen MR) is 101 cm³/mol. The third kappa shape index (κ3) is 5.99. The molecule has 0 unspecified atom stereocenters. The van der Waals surface area contributed by atoms with E-state index in [4.69, 9.17) is 0 Å². The largest absolute Gasteiger partial charge is 0.0952 e. The maximum absolute atomic E-state index is 4.40. The molecule has 124 valence electrons. The van der Waals surface area contributed by atoms with Crippen molar-refractivity contribution in [1.29, 1.82) is 0 Å². The van der Waals surface area contributed by atoms with Crippen molar-refractivity contribution in [3.8, 4) is 0 Å². The highest BCUT2D eigenvalue weighted by Crippen LogP contribution is 2.35. The summed E-state index contributed by atoms with van der Waals surface area (Å²) in [6.45, 7) is 13.7. The van der Waals surface area contributed by atoms with Crippen molar-refractivity contribution in [3.63, 3.8) is 0 Å². The van der Waals surface area contributed by atoms with E-state index in [0.717, 1.165) is 6.42 Å². The van der Waals surface area contributed by atoms with Gasteiger partial charge >= 0.3 is 0 Å². The van der Waals surface area contributed by atoms with Gasteiger partial charge in [-0.05, 0) is 41.4 Å². The average Bonchev–Trinajstić information content (AvgIpc) is 2.52. The number of unbranched alkanes of at least 4 members (excludes halogenated alkanes) is 5. The van der Waals surface area contributed by atoms with Gasteiger partial charge in [0.2, 0.25) is 0 Å². The maximum Gasteiger partial charge on any atom is -0.00975 e. The standard InChI is InChI=1S/C22H36/c1-6-8-10-11-12-15-19(3)20-16-13-14-17-21(20)22(4,5)18-9-7-2/h13-14,16-17H,3,6-12,15,18H2,1-2,4-5H3. The van der Waals surface area contributed by atoms with Crippen LogP contribution in [0.25, 0.3) is 5.57 Å². The molecule has 0 aromatic heterocycles. The van der Waals surface area contributed by atoms with Crippen molar-refractivity contribution in [1.82, 2.24) is 0 Å². The van der Waals surface area contributed by atoms with Gasteiger partial charge in [-0.2, -0.15) is 0 Å². The van der Waals surface area contributed by atoms with Gasteiger partial charge in [0.05, 0.1) is 0 Å². The highest BCUT2D eigenvalue weighted by molar-refractivity contribution is 5.67. The lowest BCUT2D eigenvalue weighted by Crippen LogP contribution is -2.19. The summed E-state index contributed by atoms with van der Waals surface area (Å²) in [5.41, 5.74) is 4.47. The Kier molecular flexibility index (Phi) is 8.53. The Bertz CT molecular complexity index is 439. The molecule has 1 rings (SSSR count). The zero-order valence-electron chi connectivity index (χ0n) is 15.4. The van der Waals surface area contributed by atoms with Crippen LogP contribution in [0.4, 0.5) is 0 Å². The molecule has 0 N–H and O–H groups in total. The summed E-state index contributed by atoms with van der Waals surface area (Å²) in [7, 11) is 0. The summed E-state index contributed by atoms with van der Waals surface area (Å²) in [6, 6.07) is 8.93. The summed E-state index contributed by atoms with van der Waals surface area (Å²) in [6.07, 6.45) is 11.6. The minimum absolute atomic E-state index is 0.248. The first-order valence-electron chi connectivity index (χ1n) is 9.30. The van der Waals surface area contributed by atoms with Crippen molar-refractivity contribution in [2.24, 2.45) is 0 Å². The number of benzene rings is 1. The van der Waals surface area contributed by atoms with Crippen LogP contribution in [-0.2, 0) is 5.41 Å². The van der Waals surface area contributed by atoms with E-state index in [-0.39, 0.29) is 5.41 Å². The molecular weight excluding hydrogens is 264 g/mol. The van der Waals surface area contributed by atoms with Gasteiger partial charge in [0.15, 0.2) is 0 Å². The fourth-order valence-corrected chi connectivity index (χ4v) is 3.21. The highest BCUT2D eigenvalue weighted by Gasteiger charge is 2.23. The Morgan fingerprint density at radius 1 is 0.909 bits per heavy atom. The van der Waals surface area contributed by atoms with Gasteiger partial charge in [0.25, 0.3) is 0 Å². The Balaban J connectivity index is 2.72. The number of allylic oxidation sites excluding steroid dienone is 1. The van der Waals surface area contributed by atoms with Crippen molar-refractivity contribution in [3.05, 3.63) is 42.0 Å². The van der Waals surface area contributed by atoms with Gasteiger partial charge < -0.3 is 0 Å². The lowest BCUT2D eigenvalue weighted by atomic mass is 9.76. The van der Waals surface area contributed by atoms with E-state index in [0.29, 0.717) is 0 Å². The highest BCUT2D eigenvalue weighted by atomic mass is 14.3. The Morgan fingerprint density at radius 2 is 1.55 bits per heavy atom. The molecule has 0 bridgehead atoms. The molecule has 0 aliphatic rings. The molecule has 22 heavy (non-hydrogen) atoms. The van der Waals surface area contributed by atoms with Gasteiger partial charge in [-0.25, -0.2) is 0 Å². The summed E-state index contributed by atoms with van der Waals surface area (Å²) in [5, 5.41) is 0. The topological polar surface area (TPSA) is 0 Å². The molecule has 0 aliphatic heterocycles. The minimum atomic E-state index is 0.248. The molecule has 0 atom stereocenters. The maximum atomic E-state index is 4.40. The molecule has 0 saturated carbocycles. The SMILES string of the molecule is C=C(CCCCCCC)c1ccccc1C(C)(C)CCCC. The van der Waals surface area contributed by atoms with Crippen molar-refractivity contribution in [2.45, 2.75) is 90.9 Å². The molecule has 0 radical (unpaired) electrons. The lowest BCUT2D eigenvalue weighted by molar-refractivity contribution is 0.457. The van der Waals surface area contributed by atoms with Crippen LogP contribution in [-0.4, -0.2) is 0 Å². The first-order valence-corrected chi connectivity index (χ1v) is 9.30. The first-order chi connectivity index (χ1) is 10.5. The van der Waals surface area contributed by atoms with Crippen LogP contribution in [0.1, 0.15) is 96.6 Å². The molecule has 1 aromatic carbocycles. The second-order valence-corrected chi connectivity index (χ2v) is 7.30. The van der Waals surface area contributed by atoms with E-state index < -0.39 is 0 Å². The van der Waals surface area contributed by atoms with Crippen LogP contribution < -0.4 is 0 Å². The fourth-order valence-electron chi connectivity index (χ4n) is 3.21. The lowest BCUT2D eigenvalue weighted by Gasteiger charge is -2.28. The molecule has 0 nitrogen and oxygen atoms in total. The monoisotopic (exact) mass is 300 g/mol. The molecule has 0 saturated heterocycles. The zero-order valence-corrected chi connectivity index (χ0v) is 15.4. The second-order valence-electron chi connectivity index (χ2n) is 7.30. The molecule has 0 amide bonds. The van der Waals surface area contributed by atoms with Crippen LogP contribution in [0.2, 0.25) is 0 Å². The third-order valence-corrected chi connectivity index (χ3v) is 4.77. The number of hydrogen-bond donors (Lipinski definition) is 0. The van der Waals surface area contributed by atoms with Crippen LogP contribution in [0.15, 0.2) is 30.8 Å². The van der Waals surface area contributed by atoms with E-state index in [9.17, 15) is 0 Å². The third-order valence-electron chi connectivity index (χ3n) is 4.77. The number of hydrogen-bond acceptors (Lipinski definition) is 0. The number of rotatable bonds is 11. The normalized spacial score (nSPS) is 11.6. The summed E-state index contributed by atoms with van der Waals surface area (Å²) in [5.74, 6) is 0. The molecule has 0 spiro atoms. The molecule has 0 heterocycles. The Morgan fingerprint density at radius 3 is 2.23 bits per heavy atom. The summed E-state index contributed by atoms with van der Waals surface area (Å²) >= 11 is 0. The van der Waals surface area contributed by atoms with Crippen LogP contribution in [0.3, 0.4) is 0 Å². The second kappa shape index (κ2) is 9.87. The molecule has 0 aliphatic carbocycles. The van der Waals surface area contributed by atoms with Gasteiger partial charge in [0.1, 0.15) is 0 Å². The van der Waals surface area contributed by atoms with E-state index in [1.807, 2.05) is 0 Å². The summed E-state index contributed by atoms with van der Waals surface area (Å²) < 4.78 is 0. The minimum Gasteiger partial charge on any atom is -0.0952 e. The quantitative estimate of drug-likeness (QED) is 0.370. The predicted octanol–water partition coefficient (Wildman–Crippen LogP) is 7.53. The summed E-state index contributed by atoms with van der Waals surface area (Å²) in [4.78, 5) is 0. The Hall–Kier alpha value is -1.04. The van der Waals surface area contributed by atoms with Gasteiger partial charge in [0, 0.05) is 0 Å². The van der Waals surface area contributed by atoms with Crippen LogP contribution >= 0.6 is 0 Å². The van der Waals surface area contributed by atoms with Crippen LogP contribution in [0.5, 0.6) is 0 Å². The van der Waals surface area contributed by atoms with Gasteiger partial charge in [-0.1, -0.05) is 97.1 Å². The molecule has 0 heteroatoms. The smallest absolute Gasteiger partial charge is 0.00975 e. The van der Waals surface area contributed by atoms with Crippen molar-refractivity contribution < 1.29 is 0 Å². The van der Waals surface area contributed by atoms with E-state index in [1.165, 1.54) is 68.1 Å². The Labute approximate surface area is 139 Å².